The first-order valence-corrected chi connectivity index (χ1v) is 5.56. The molecule has 13 heavy (non-hydrogen) atoms. The number of benzene rings is 1. The molecule has 0 N–H and O–H groups in total. The minimum atomic E-state index is 1.11. The highest BCUT2D eigenvalue weighted by Crippen LogP contribution is 2.37. The van der Waals surface area contributed by atoms with Gasteiger partial charge in [-0.2, -0.15) is 0 Å². The van der Waals surface area contributed by atoms with Crippen LogP contribution >= 0.6 is 11.6 Å². The van der Waals surface area contributed by atoms with Crippen LogP contribution < -0.4 is 0 Å². The van der Waals surface area contributed by atoms with Gasteiger partial charge in [-0.3, -0.25) is 0 Å². The van der Waals surface area contributed by atoms with Crippen molar-refractivity contribution in [3.63, 3.8) is 0 Å². The van der Waals surface area contributed by atoms with Gasteiger partial charge in [0.15, 0.2) is 0 Å². The predicted octanol–water partition coefficient (Wildman–Crippen LogP) is 3.32. The molecule has 0 saturated heterocycles. The molecule has 0 radical (unpaired) electrons. The van der Waals surface area contributed by atoms with Gasteiger partial charge in [0, 0.05) is 5.02 Å². The van der Waals surface area contributed by atoms with E-state index in [1.807, 2.05) is 0 Å². The molecular weight excluding hydrogens is 180 g/mol. The third-order valence-electron chi connectivity index (χ3n) is 3.40. The smallest absolute Gasteiger partial charge is 0.0475 e. The lowest BCUT2D eigenvalue weighted by Gasteiger charge is -2.08. The summed E-state index contributed by atoms with van der Waals surface area (Å²) in [4.78, 5) is 0. The maximum atomic E-state index is 6.40. The number of fused-ring (bicyclic) bond motifs is 2. The second-order valence-corrected chi connectivity index (χ2v) is 4.55. The first kappa shape index (κ1) is 7.87. The summed E-state index contributed by atoms with van der Waals surface area (Å²) in [6.45, 7) is 0. The maximum absolute atomic E-state index is 6.40. The lowest BCUT2D eigenvalue weighted by molar-refractivity contribution is 0.897. The monoisotopic (exact) mass is 192 g/mol. The first-order valence-electron chi connectivity index (χ1n) is 5.18. The molecular formula is C12H13Cl. The van der Waals surface area contributed by atoms with Gasteiger partial charge in [0.05, 0.1) is 0 Å². The highest BCUT2D eigenvalue weighted by Gasteiger charge is 2.22. The summed E-state index contributed by atoms with van der Waals surface area (Å²) < 4.78 is 0. The third kappa shape index (κ3) is 1.05. The Labute approximate surface area is 83.9 Å². The van der Waals surface area contributed by atoms with Crippen molar-refractivity contribution in [2.75, 3.05) is 0 Å². The molecule has 3 rings (SSSR count). The van der Waals surface area contributed by atoms with Crippen LogP contribution in [0.15, 0.2) is 6.07 Å². The predicted molar refractivity (Wildman–Crippen MR) is 55.5 cm³/mol. The van der Waals surface area contributed by atoms with E-state index in [1.165, 1.54) is 60.8 Å². The SMILES string of the molecule is Clc1c2c(cc3c1CCC3)CCC2. The Balaban J connectivity index is 2.26. The van der Waals surface area contributed by atoms with Crippen molar-refractivity contribution in [1.82, 2.24) is 0 Å². The zero-order valence-electron chi connectivity index (χ0n) is 7.70. The highest BCUT2D eigenvalue weighted by atomic mass is 35.5. The minimum Gasteiger partial charge on any atom is -0.0837 e. The number of hydrogen-bond acceptors (Lipinski definition) is 0. The van der Waals surface area contributed by atoms with E-state index < -0.39 is 0 Å². The van der Waals surface area contributed by atoms with Crippen LogP contribution in [0.25, 0.3) is 0 Å². The van der Waals surface area contributed by atoms with E-state index in [-0.39, 0.29) is 0 Å². The number of rotatable bonds is 0. The van der Waals surface area contributed by atoms with Crippen molar-refractivity contribution >= 4 is 11.6 Å². The summed E-state index contributed by atoms with van der Waals surface area (Å²) in [5.74, 6) is 0. The molecule has 0 spiro atoms. The topological polar surface area (TPSA) is 0 Å². The number of aryl methyl sites for hydroxylation is 2. The van der Waals surface area contributed by atoms with Crippen LogP contribution in [0.4, 0.5) is 0 Å². The summed E-state index contributed by atoms with van der Waals surface area (Å²) in [6, 6.07) is 2.41. The Bertz CT molecular complexity index is 334. The minimum absolute atomic E-state index is 1.11. The van der Waals surface area contributed by atoms with E-state index in [9.17, 15) is 0 Å². The lowest BCUT2D eigenvalue weighted by Crippen LogP contribution is -1.91. The molecule has 0 amide bonds. The highest BCUT2D eigenvalue weighted by molar-refractivity contribution is 6.32. The van der Waals surface area contributed by atoms with Crippen LogP contribution in [0.5, 0.6) is 0 Å². The van der Waals surface area contributed by atoms with E-state index in [2.05, 4.69) is 6.07 Å². The molecule has 0 bridgehead atoms. The lowest BCUT2D eigenvalue weighted by atomic mass is 10.0. The molecule has 1 aromatic carbocycles. The van der Waals surface area contributed by atoms with Crippen molar-refractivity contribution in [1.29, 1.82) is 0 Å². The summed E-state index contributed by atoms with van der Waals surface area (Å²) in [5.41, 5.74) is 5.99. The molecule has 0 unspecified atom stereocenters. The zero-order chi connectivity index (χ0) is 8.84. The Morgan fingerprint density at radius 1 is 0.846 bits per heavy atom. The molecule has 1 heteroatoms. The van der Waals surface area contributed by atoms with Gasteiger partial charge in [0.1, 0.15) is 0 Å². The zero-order valence-corrected chi connectivity index (χ0v) is 8.45. The fourth-order valence-corrected chi connectivity index (χ4v) is 3.18. The fourth-order valence-electron chi connectivity index (χ4n) is 2.75. The van der Waals surface area contributed by atoms with E-state index >= 15 is 0 Å². The van der Waals surface area contributed by atoms with E-state index in [1.54, 1.807) is 0 Å². The van der Waals surface area contributed by atoms with Crippen LogP contribution in [-0.2, 0) is 25.7 Å². The van der Waals surface area contributed by atoms with E-state index in [0.29, 0.717) is 0 Å². The van der Waals surface area contributed by atoms with Crippen molar-refractivity contribution < 1.29 is 0 Å². The summed E-state index contributed by atoms with van der Waals surface area (Å²) in [6.07, 6.45) is 7.53. The van der Waals surface area contributed by atoms with Crippen molar-refractivity contribution in [3.05, 3.63) is 33.3 Å². The largest absolute Gasteiger partial charge is 0.0837 e. The third-order valence-corrected chi connectivity index (χ3v) is 3.86. The Morgan fingerprint density at radius 3 is 1.92 bits per heavy atom. The summed E-state index contributed by atoms with van der Waals surface area (Å²) in [7, 11) is 0. The molecule has 2 aliphatic rings. The molecule has 2 aliphatic carbocycles. The van der Waals surface area contributed by atoms with Crippen molar-refractivity contribution in [2.24, 2.45) is 0 Å². The first-order chi connectivity index (χ1) is 6.36. The molecule has 0 nitrogen and oxygen atoms in total. The molecule has 0 fully saturated rings. The number of halogens is 1. The van der Waals surface area contributed by atoms with Gasteiger partial charge in [-0.1, -0.05) is 17.7 Å². The van der Waals surface area contributed by atoms with Gasteiger partial charge in [0.25, 0.3) is 0 Å². The van der Waals surface area contributed by atoms with E-state index in [4.69, 9.17) is 11.6 Å². The fraction of sp³-hybridized carbons (Fsp3) is 0.500. The van der Waals surface area contributed by atoms with Crippen molar-refractivity contribution in [2.45, 2.75) is 38.5 Å². The second kappa shape index (κ2) is 2.75. The van der Waals surface area contributed by atoms with Crippen LogP contribution in [-0.4, -0.2) is 0 Å². The van der Waals surface area contributed by atoms with Gasteiger partial charge < -0.3 is 0 Å². The van der Waals surface area contributed by atoms with Crippen LogP contribution in [0, 0.1) is 0 Å². The molecule has 0 saturated carbocycles. The average molecular weight is 193 g/mol. The molecule has 0 heterocycles. The average Bonchev–Trinajstić information content (AvgIpc) is 2.71. The summed E-state index contributed by atoms with van der Waals surface area (Å²) in [5, 5.41) is 1.11. The van der Waals surface area contributed by atoms with Crippen LogP contribution in [0.2, 0.25) is 5.02 Å². The molecule has 0 aliphatic heterocycles. The van der Waals surface area contributed by atoms with Gasteiger partial charge in [-0.05, 0) is 60.8 Å². The molecule has 1 aromatic rings. The quantitative estimate of drug-likeness (QED) is 0.592. The van der Waals surface area contributed by atoms with Gasteiger partial charge in [-0.25, -0.2) is 0 Å². The van der Waals surface area contributed by atoms with Crippen molar-refractivity contribution in [3.8, 4) is 0 Å². The van der Waals surface area contributed by atoms with Crippen LogP contribution in [0.1, 0.15) is 35.1 Å². The Hall–Kier alpha value is -0.490. The molecule has 68 valence electrons. The van der Waals surface area contributed by atoms with E-state index in [0.717, 1.165) is 5.02 Å². The Morgan fingerprint density at radius 2 is 1.38 bits per heavy atom. The van der Waals surface area contributed by atoms with Gasteiger partial charge in [0.2, 0.25) is 0 Å². The second-order valence-electron chi connectivity index (χ2n) is 4.17. The summed E-state index contributed by atoms with van der Waals surface area (Å²) >= 11 is 6.40. The maximum Gasteiger partial charge on any atom is 0.0475 e. The molecule has 0 aromatic heterocycles. The van der Waals surface area contributed by atoms with Gasteiger partial charge in [-0.15, -0.1) is 0 Å². The number of hydrogen-bond donors (Lipinski definition) is 0. The normalized spacial score (nSPS) is 18.8. The van der Waals surface area contributed by atoms with Gasteiger partial charge >= 0.3 is 0 Å². The Kier molecular flexibility index (Phi) is 1.66. The standard InChI is InChI=1S/C12H13Cl/c13-12-10-5-1-3-8(10)7-9-4-2-6-11(9)12/h7H,1-6H2. The molecule has 0 atom stereocenters. The van der Waals surface area contributed by atoms with Crippen LogP contribution in [0.3, 0.4) is 0 Å².